The number of piperazine rings is 1. The second kappa shape index (κ2) is 4.58. The highest BCUT2D eigenvalue weighted by molar-refractivity contribution is 5.84. The average molecular weight is 241 g/mol. The lowest BCUT2D eigenvalue weighted by atomic mass is 10.1. The van der Waals surface area contributed by atoms with Gasteiger partial charge in [-0.25, -0.2) is 4.98 Å². The smallest absolute Gasteiger partial charge is 0.129 e. The fraction of sp³-hybridized carbons (Fsp3) is 0.400. The molecule has 3 rings (SSSR count). The molecular formula is C15H19N3. The van der Waals surface area contributed by atoms with Crippen LogP contribution in [-0.4, -0.2) is 31.2 Å². The van der Waals surface area contributed by atoms with Crippen LogP contribution in [0.25, 0.3) is 10.9 Å². The van der Waals surface area contributed by atoms with Gasteiger partial charge in [-0.1, -0.05) is 11.6 Å². The summed E-state index contributed by atoms with van der Waals surface area (Å²) in [6.45, 7) is 8.49. The Morgan fingerprint density at radius 1 is 1.11 bits per heavy atom. The normalized spacial score (nSPS) is 16.2. The van der Waals surface area contributed by atoms with Crippen molar-refractivity contribution in [2.45, 2.75) is 13.8 Å². The Labute approximate surface area is 108 Å². The van der Waals surface area contributed by atoms with Crippen LogP contribution in [0.2, 0.25) is 0 Å². The number of hydrogen-bond acceptors (Lipinski definition) is 3. The highest BCUT2D eigenvalue weighted by Gasteiger charge is 2.13. The molecule has 1 aliphatic heterocycles. The average Bonchev–Trinajstić information content (AvgIpc) is 2.40. The van der Waals surface area contributed by atoms with Crippen molar-refractivity contribution in [2.75, 3.05) is 31.1 Å². The number of aryl methyl sites for hydroxylation is 2. The minimum absolute atomic E-state index is 1.05. The summed E-state index contributed by atoms with van der Waals surface area (Å²) in [5, 5.41) is 4.65. The molecule has 2 aromatic rings. The van der Waals surface area contributed by atoms with E-state index >= 15 is 0 Å². The molecule has 1 aliphatic rings. The van der Waals surface area contributed by atoms with Crippen LogP contribution in [0.15, 0.2) is 24.3 Å². The van der Waals surface area contributed by atoms with Crippen molar-refractivity contribution < 1.29 is 0 Å². The Morgan fingerprint density at radius 3 is 2.67 bits per heavy atom. The fourth-order valence-corrected chi connectivity index (χ4v) is 2.55. The molecule has 0 saturated carbocycles. The van der Waals surface area contributed by atoms with Crippen LogP contribution in [0.5, 0.6) is 0 Å². The first-order chi connectivity index (χ1) is 8.74. The predicted octanol–water partition coefficient (Wildman–Crippen LogP) is 2.26. The third-order valence-corrected chi connectivity index (χ3v) is 3.60. The van der Waals surface area contributed by atoms with Crippen molar-refractivity contribution in [3.8, 4) is 0 Å². The standard InChI is InChI=1S/C15H19N3/c1-11-3-4-14-13(9-11)12(2)10-15(17-14)18-7-5-16-6-8-18/h3-4,9-10,16H,5-8H2,1-2H3. The van der Waals surface area contributed by atoms with E-state index in [2.05, 4.69) is 48.3 Å². The molecule has 0 unspecified atom stereocenters. The maximum absolute atomic E-state index is 4.80. The maximum Gasteiger partial charge on any atom is 0.129 e. The van der Waals surface area contributed by atoms with Gasteiger partial charge in [-0.2, -0.15) is 0 Å². The summed E-state index contributed by atoms with van der Waals surface area (Å²) < 4.78 is 0. The molecule has 1 fully saturated rings. The Morgan fingerprint density at radius 2 is 1.89 bits per heavy atom. The summed E-state index contributed by atoms with van der Waals surface area (Å²) in [6.07, 6.45) is 0. The summed E-state index contributed by atoms with van der Waals surface area (Å²) in [5.74, 6) is 1.12. The third kappa shape index (κ3) is 2.06. The lowest BCUT2D eigenvalue weighted by Gasteiger charge is -2.29. The third-order valence-electron chi connectivity index (χ3n) is 3.60. The molecule has 0 spiro atoms. The SMILES string of the molecule is Cc1ccc2nc(N3CCNCC3)cc(C)c2c1. The van der Waals surface area contributed by atoms with Gasteiger partial charge >= 0.3 is 0 Å². The van der Waals surface area contributed by atoms with Gasteiger partial charge in [0, 0.05) is 31.6 Å². The van der Waals surface area contributed by atoms with Gasteiger partial charge in [0.05, 0.1) is 5.52 Å². The zero-order valence-corrected chi connectivity index (χ0v) is 11.0. The van der Waals surface area contributed by atoms with Crippen molar-refractivity contribution in [3.05, 3.63) is 35.4 Å². The molecule has 0 atom stereocenters. The number of fused-ring (bicyclic) bond motifs is 1. The summed E-state index contributed by atoms with van der Waals surface area (Å²) in [7, 11) is 0. The van der Waals surface area contributed by atoms with E-state index in [4.69, 9.17) is 4.98 Å². The fourth-order valence-electron chi connectivity index (χ4n) is 2.55. The Bertz CT molecular complexity index is 571. The molecule has 1 aromatic heterocycles. The van der Waals surface area contributed by atoms with Crippen molar-refractivity contribution in [3.63, 3.8) is 0 Å². The number of pyridine rings is 1. The largest absolute Gasteiger partial charge is 0.354 e. The predicted molar refractivity (Wildman–Crippen MR) is 76.3 cm³/mol. The van der Waals surface area contributed by atoms with E-state index in [1.807, 2.05) is 0 Å². The van der Waals surface area contributed by atoms with Crippen LogP contribution in [0.3, 0.4) is 0 Å². The Kier molecular flexibility index (Phi) is 2.92. The molecule has 0 radical (unpaired) electrons. The first kappa shape index (κ1) is 11.5. The van der Waals surface area contributed by atoms with Crippen molar-refractivity contribution in [1.29, 1.82) is 0 Å². The minimum atomic E-state index is 1.05. The first-order valence-electron chi connectivity index (χ1n) is 6.58. The van der Waals surface area contributed by atoms with Gasteiger partial charge in [-0.05, 0) is 37.6 Å². The molecule has 0 aliphatic carbocycles. The van der Waals surface area contributed by atoms with Gasteiger partial charge in [0.25, 0.3) is 0 Å². The molecule has 0 amide bonds. The molecule has 3 heteroatoms. The van der Waals surface area contributed by atoms with E-state index in [0.29, 0.717) is 0 Å². The second-order valence-electron chi connectivity index (χ2n) is 5.06. The molecular weight excluding hydrogens is 222 g/mol. The molecule has 3 nitrogen and oxygen atoms in total. The van der Waals surface area contributed by atoms with E-state index in [-0.39, 0.29) is 0 Å². The van der Waals surface area contributed by atoms with Crippen LogP contribution < -0.4 is 10.2 Å². The number of benzene rings is 1. The van der Waals surface area contributed by atoms with E-state index in [1.165, 1.54) is 16.5 Å². The quantitative estimate of drug-likeness (QED) is 0.830. The summed E-state index contributed by atoms with van der Waals surface area (Å²) >= 11 is 0. The number of nitrogens with zero attached hydrogens (tertiary/aromatic N) is 2. The van der Waals surface area contributed by atoms with Crippen LogP contribution in [-0.2, 0) is 0 Å². The summed E-state index contributed by atoms with van der Waals surface area (Å²) in [6, 6.07) is 8.70. The van der Waals surface area contributed by atoms with Crippen molar-refractivity contribution >= 4 is 16.7 Å². The summed E-state index contributed by atoms with van der Waals surface area (Å²) in [5.41, 5.74) is 3.72. The van der Waals surface area contributed by atoms with E-state index < -0.39 is 0 Å². The second-order valence-corrected chi connectivity index (χ2v) is 5.06. The van der Waals surface area contributed by atoms with Crippen LogP contribution in [0, 0.1) is 13.8 Å². The Hall–Kier alpha value is -1.61. The van der Waals surface area contributed by atoms with E-state index in [9.17, 15) is 0 Å². The van der Waals surface area contributed by atoms with Gasteiger partial charge < -0.3 is 10.2 Å². The lowest BCUT2D eigenvalue weighted by molar-refractivity contribution is 0.585. The zero-order chi connectivity index (χ0) is 12.5. The summed E-state index contributed by atoms with van der Waals surface area (Å²) in [4.78, 5) is 7.16. The molecule has 1 N–H and O–H groups in total. The molecule has 18 heavy (non-hydrogen) atoms. The minimum Gasteiger partial charge on any atom is -0.354 e. The number of hydrogen-bond donors (Lipinski definition) is 1. The Balaban J connectivity index is 2.06. The number of rotatable bonds is 1. The molecule has 0 bridgehead atoms. The van der Waals surface area contributed by atoms with Gasteiger partial charge in [-0.3, -0.25) is 0 Å². The monoisotopic (exact) mass is 241 g/mol. The van der Waals surface area contributed by atoms with Crippen LogP contribution in [0.4, 0.5) is 5.82 Å². The number of nitrogens with one attached hydrogen (secondary N) is 1. The van der Waals surface area contributed by atoms with Gasteiger partial charge in [0.2, 0.25) is 0 Å². The van der Waals surface area contributed by atoms with Crippen LogP contribution in [0.1, 0.15) is 11.1 Å². The number of aromatic nitrogens is 1. The van der Waals surface area contributed by atoms with E-state index in [1.54, 1.807) is 0 Å². The van der Waals surface area contributed by atoms with Gasteiger partial charge in [0.1, 0.15) is 5.82 Å². The molecule has 1 saturated heterocycles. The van der Waals surface area contributed by atoms with Crippen molar-refractivity contribution in [1.82, 2.24) is 10.3 Å². The topological polar surface area (TPSA) is 28.2 Å². The zero-order valence-electron chi connectivity index (χ0n) is 11.0. The van der Waals surface area contributed by atoms with Crippen molar-refractivity contribution in [2.24, 2.45) is 0 Å². The lowest BCUT2D eigenvalue weighted by Crippen LogP contribution is -2.43. The maximum atomic E-state index is 4.80. The number of anilines is 1. The highest BCUT2D eigenvalue weighted by atomic mass is 15.2. The van der Waals surface area contributed by atoms with Crippen LogP contribution >= 0.6 is 0 Å². The molecule has 94 valence electrons. The van der Waals surface area contributed by atoms with Gasteiger partial charge in [-0.15, -0.1) is 0 Å². The first-order valence-corrected chi connectivity index (χ1v) is 6.58. The highest BCUT2D eigenvalue weighted by Crippen LogP contribution is 2.23. The molecule has 2 heterocycles. The van der Waals surface area contributed by atoms with Gasteiger partial charge in [0.15, 0.2) is 0 Å². The molecule has 1 aromatic carbocycles. The van der Waals surface area contributed by atoms with E-state index in [0.717, 1.165) is 37.5 Å².